The third-order valence-corrected chi connectivity index (χ3v) is 6.09. The summed E-state index contributed by atoms with van der Waals surface area (Å²) in [6, 6.07) is 4.78. The van der Waals surface area contributed by atoms with Crippen molar-refractivity contribution in [3.8, 4) is 0 Å². The lowest BCUT2D eigenvalue weighted by Crippen LogP contribution is -2.41. The van der Waals surface area contributed by atoms with Crippen LogP contribution in [0.3, 0.4) is 0 Å². The Bertz CT molecular complexity index is 832. The fourth-order valence-electron chi connectivity index (χ4n) is 3.29. The average Bonchev–Trinajstić information content (AvgIpc) is 2.65. The number of hydrogen-bond donors (Lipinski definition) is 1. The predicted octanol–water partition coefficient (Wildman–Crippen LogP) is 1.09. The van der Waals surface area contributed by atoms with Gasteiger partial charge in [0, 0.05) is 38.3 Å². The monoisotopic (exact) mass is 394 g/mol. The van der Waals surface area contributed by atoms with Gasteiger partial charge in [-0.25, -0.2) is 0 Å². The maximum absolute atomic E-state index is 12.5. The molecule has 148 valence electrons. The highest BCUT2D eigenvalue weighted by Crippen LogP contribution is 2.32. The molecular weight excluding hydrogens is 368 g/mol. The van der Waals surface area contributed by atoms with E-state index in [4.69, 9.17) is 4.74 Å². The smallest absolute Gasteiger partial charge is 0.286 e. The number of ether oxygens (including phenoxy) is 1. The van der Waals surface area contributed by atoms with Crippen LogP contribution in [-0.4, -0.2) is 71.0 Å². The molecule has 0 aliphatic carbocycles. The van der Waals surface area contributed by atoms with Gasteiger partial charge in [-0.15, -0.1) is 4.40 Å². The van der Waals surface area contributed by atoms with Gasteiger partial charge in [0.2, 0.25) is 0 Å². The molecule has 0 aromatic heterocycles. The summed E-state index contributed by atoms with van der Waals surface area (Å²) < 4.78 is 34.1. The molecule has 0 radical (unpaired) electrons. The number of nitrogens with one attached hydrogen (secondary N) is 1. The van der Waals surface area contributed by atoms with Gasteiger partial charge in [-0.2, -0.15) is 8.42 Å². The molecule has 1 fully saturated rings. The molecule has 0 bridgehead atoms. The molecule has 27 heavy (non-hydrogen) atoms. The van der Waals surface area contributed by atoms with Crippen LogP contribution in [-0.2, 0) is 14.8 Å². The SMILES string of the molecule is CCCN1C(C)=NS(=O)(=O)c2cc(C(=O)NCCN3CCOCC3)ccc21. The number of hydrogen-bond acceptors (Lipinski definition) is 6. The number of amidine groups is 1. The predicted molar refractivity (Wildman–Crippen MR) is 104 cm³/mol. The van der Waals surface area contributed by atoms with Crippen LogP contribution in [0.1, 0.15) is 30.6 Å². The number of fused-ring (bicyclic) bond motifs is 1. The van der Waals surface area contributed by atoms with Gasteiger partial charge in [0.15, 0.2) is 0 Å². The molecule has 1 N–H and O–H groups in total. The maximum atomic E-state index is 12.5. The number of carbonyl (C=O) groups excluding carboxylic acids is 1. The topological polar surface area (TPSA) is 91.3 Å². The molecule has 2 heterocycles. The number of morpholine rings is 1. The van der Waals surface area contributed by atoms with Crippen LogP contribution in [0, 0.1) is 0 Å². The van der Waals surface area contributed by atoms with Crippen molar-refractivity contribution in [1.82, 2.24) is 10.2 Å². The van der Waals surface area contributed by atoms with Crippen molar-refractivity contribution in [3.05, 3.63) is 23.8 Å². The summed E-state index contributed by atoms with van der Waals surface area (Å²) in [5, 5.41) is 2.86. The van der Waals surface area contributed by atoms with Gasteiger partial charge in [-0.1, -0.05) is 6.92 Å². The van der Waals surface area contributed by atoms with Crippen LogP contribution in [0.2, 0.25) is 0 Å². The van der Waals surface area contributed by atoms with Crippen LogP contribution in [0.15, 0.2) is 27.5 Å². The highest BCUT2D eigenvalue weighted by Gasteiger charge is 2.29. The minimum atomic E-state index is -3.79. The zero-order chi connectivity index (χ0) is 19.4. The summed E-state index contributed by atoms with van der Waals surface area (Å²) in [5.74, 6) is 0.168. The Morgan fingerprint density at radius 1 is 1.26 bits per heavy atom. The van der Waals surface area contributed by atoms with Crippen molar-refractivity contribution >= 4 is 27.5 Å². The third-order valence-electron chi connectivity index (χ3n) is 4.70. The number of rotatable bonds is 6. The molecule has 1 saturated heterocycles. The second-order valence-electron chi connectivity index (χ2n) is 6.66. The molecule has 3 rings (SSSR count). The van der Waals surface area contributed by atoms with Crippen LogP contribution in [0.5, 0.6) is 0 Å². The number of carbonyl (C=O) groups is 1. The standard InChI is InChI=1S/C18H26N4O4S/c1-3-7-22-14(2)20-27(24,25)17-13-15(4-5-16(17)22)18(23)19-6-8-21-9-11-26-12-10-21/h4-5,13H,3,6-12H2,1-2H3,(H,19,23). The highest BCUT2D eigenvalue weighted by atomic mass is 32.2. The molecule has 2 aliphatic heterocycles. The summed E-state index contributed by atoms with van der Waals surface area (Å²) >= 11 is 0. The van der Waals surface area contributed by atoms with Gasteiger partial charge in [0.05, 0.1) is 18.9 Å². The fraction of sp³-hybridized carbons (Fsp3) is 0.556. The number of amides is 1. The Labute approximate surface area is 160 Å². The first-order valence-electron chi connectivity index (χ1n) is 9.24. The van der Waals surface area contributed by atoms with E-state index in [9.17, 15) is 13.2 Å². The summed E-state index contributed by atoms with van der Waals surface area (Å²) in [5.41, 5.74) is 0.903. The first kappa shape index (κ1) is 19.8. The van der Waals surface area contributed by atoms with Gasteiger partial charge < -0.3 is 15.0 Å². The largest absolute Gasteiger partial charge is 0.379 e. The van der Waals surface area contributed by atoms with Crippen LogP contribution >= 0.6 is 0 Å². The average molecular weight is 394 g/mol. The van der Waals surface area contributed by atoms with E-state index in [1.165, 1.54) is 6.07 Å². The van der Waals surface area contributed by atoms with E-state index >= 15 is 0 Å². The van der Waals surface area contributed by atoms with E-state index in [1.54, 1.807) is 19.1 Å². The summed E-state index contributed by atoms with van der Waals surface area (Å²) in [7, 11) is -3.79. The van der Waals surface area contributed by atoms with Crippen LogP contribution in [0.25, 0.3) is 0 Å². The zero-order valence-electron chi connectivity index (χ0n) is 15.8. The van der Waals surface area contributed by atoms with E-state index < -0.39 is 10.0 Å². The minimum absolute atomic E-state index is 0.0855. The van der Waals surface area contributed by atoms with E-state index in [-0.39, 0.29) is 10.8 Å². The van der Waals surface area contributed by atoms with Crippen molar-refractivity contribution in [1.29, 1.82) is 0 Å². The second kappa shape index (κ2) is 8.37. The van der Waals surface area contributed by atoms with E-state index in [1.807, 2.05) is 11.8 Å². The molecule has 2 aliphatic rings. The van der Waals surface area contributed by atoms with Crippen molar-refractivity contribution < 1.29 is 17.9 Å². The van der Waals surface area contributed by atoms with Gasteiger partial charge in [0.1, 0.15) is 10.7 Å². The molecule has 0 atom stereocenters. The highest BCUT2D eigenvalue weighted by molar-refractivity contribution is 7.90. The minimum Gasteiger partial charge on any atom is -0.379 e. The van der Waals surface area contributed by atoms with Gasteiger partial charge >= 0.3 is 0 Å². The number of benzene rings is 1. The Kier molecular flexibility index (Phi) is 6.13. The zero-order valence-corrected chi connectivity index (χ0v) is 16.6. The van der Waals surface area contributed by atoms with Crippen molar-refractivity contribution in [2.75, 3.05) is 50.8 Å². The first-order valence-corrected chi connectivity index (χ1v) is 10.7. The molecule has 9 heteroatoms. The Morgan fingerprint density at radius 3 is 2.70 bits per heavy atom. The van der Waals surface area contributed by atoms with E-state index in [0.717, 1.165) is 26.1 Å². The lowest BCUT2D eigenvalue weighted by atomic mass is 10.1. The number of nitrogens with zero attached hydrogens (tertiary/aromatic N) is 3. The summed E-state index contributed by atoms with van der Waals surface area (Å²) in [4.78, 5) is 16.6. The Balaban J connectivity index is 1.72. The molecule has 0 saturated carbocycles. The van der Waals surface area contributed by atoms with E-state index in [0.29, 0.717) is 43.4 Å². The number of sulfonamides is 1. The van der Waals surface area contributed by atoms with Crippen molar-refractivity contribution in [2.24, 2.45) is 4.40 Å². The van der Waals surface area contributed by atoms with Gasteiger partial charge in [-0.3, -0.25) is 9.69 Å². The van der Waals surface area contributed by atoms with Crippen LogP contribution in [0.4, 0.5) is 5.69 Å². The molecule has 8 nitrogen and oxygen atoms in total. The van der Waals surface area contributed by atoms with Crippen molar-refractivity contribution in [3.63, 3.8) is 0 Å². The molecular formula is C18H26N4O4S. The molecule has 1 aromatic rings. The number of anilines is 1. The normalized spacial score (nSPS) is 19.3. The van der Waals surface area contributed by atoms with Crippen LogP contribution < -0.4 is 10.2 Å². The molecule has 0 spiro atoms. The fourth-order valence-corrected chi connectivity index (χ4v) is 4.56. The maximum Gasteiger partial charge on any atom is 0.286 e. The summed E-state index contributed by atoms with van der Waals surface area (Å²) in [6.45, 7) is 8.76. The third kappa shape index (κ3) is 4.48. The molecule has 0 unspecified atom stereocenters. The quantitative estimate of drug-likeness (QED) is 0.777. The molecule has 1 amide bonds. The molecule has 1 aromatic carbocycles. The second-order valence-corrected chi connectivity index (χ2v) is 8.23. The van der Waals surface area contributed by atoms with Gasteiger partial charge in [0.25, 0.3) is 15.9 Å². The van der Waals surface area contributed by atoms with Crippen molar-refractivity contribution in [2.45, 2.75) is 25.2 Å². The first-order chi connectivity index (χ1) is 12.9. The Hall–Kier alpha value is -1.97. The van der Waals surface area contributed by atoms with E-state index in [2.05, 4.69) is 14.6 Å². The Morgan fingerprint density at radius 2 is 2.00 bits per heavy atom. The lowest BCUT2D eigenvalue weighted by molar-refractivity contribution is 0.0383. The summed E-state index contributed by atoms with van der Waals surface area (Å²) in [6.07, 6.45) is 0.857. The van der Waals surface area contributed by atoms with Gasteiger partial charge in [-0.05, 0) is 31.5 Å². The lowest BCUT2D eigenvalue weighted by Gasteiger charge is -2.29.